The van der Waals surface area contributed by atoms with Crippen LogP contribution in [0.25, 0.3) is 10.9 Å². The van der Waals surface area contributed by atoms with Crippen LogP contribution in [0.3, 0.4) is 0 Å². The van der Waals surface area contributed by atoms with Crippen LogP contribution in [0.2, 0.25) is 5.02 Å². The molecule has 0 radical (unpaired) electrons. The second-order valence-corrected chi connectivity index (χ2v) is 9.29. The predicted molar refractivity (Wildman–Crippen MR) is 136 cm³/mol. The zero-order valence-electron chi connectivity index (χ0n) is 20.5. The van der Waals surface area contributed by atoms with Gasteiger partial charge in [-0.1, -0.05) is 17.7 Å². The smallest absolute Gasteiger partial charge is 0.240 e. The minimum Gasteiger partial charge on any atom is -0.493 e. The van der Waals surface area contributed by atoms with E-state index in [1.54, 1.807) is 43.1 Å². The number of aliphatic hydroxyl groups is 1. The molecule has 192 valence electrons. The molecule has 1 saturated heterocycles. The molecule has 1 aromatic heterocycles. The topological polar surface area (TPSA) is 100 Å². The van der Waals surface area contributed by atoms with Gasteiger partial charge in [-0.15, -0.1) is 0 Å². The molecular weight excluding hydrogens is 489 g/mol. The fraction of sp³-hybridized carbons (Fsp3) is 0.400. The minimum absolute atomic E-state index is 0.00228. The standard InChI is InChI=1S/C25H29ClFN5O4/c1-14(12-33)32(3)25(34)20-8-15(11-31(20)2)36-22-9-16-19(10-21(22)35-4)28-13-29-24(16)30-18-7-5-6-17(26)23(18)27/h5-7,9-10,13-15,20,33H,8,11-12H2,1-4H3,(H,28,29,30)/t14?,15?,20-/m0/s1. The fourth-order valence-electron chi connectivity index (χ4n) is 4.22. The van der Waals surface area contributed by atoms with Crippen LogP contribution in [0.5, 0.6) is 11.5 Å². The summed E-state index contributed by atoms with van der Waals surface area (Å²) in [6.45, 7) is 2.22. The van der Waals surface area contributed by atoms with Crippen molar-refractivity contribution in [1.29, 1.82) is 0 Å². The first-order valence-electron chi connectivity index (χ1n) is 11.5. The Bertz CT molecular complexity index is 1260. The quantitative estimate of drug-likeness (QED) is 0.468. The van der Waals surface area contributed by atoms with Crippen LogP contribution in [-0.2, 0) is 4.79 Å². The van der Waals surface area contributed by atoms with Crippen molar-refractivity contribution in [2.45, 2.75) is 31.5 Å². The molecule has 2 heterocycles. The number of nitrogens with one attached hydrogen (secondary N) is 1. The molecule has 2 N–H and O–H groups in total. The molecule has 0 bridgehead atoms. The van der Waals surface area contributed by atoms with Crippen LogP contribution in [0.15, 0.2) is 36.7 Å². The zero-order valence-corrected chi connectivity index (χ0v) is 21.3. The predicted octanol–water partition coefficient (Wildman–Crippen LogP) is 3.47. The van der Waals surface area contributed by atoms with Crippen molar-refractivity contribution in [3.8, 4) is 11.5 Å². The van der Waals surface area contributed by atoms with E-state index in [9.17, 15) is 14.3 Å². The second kappa shape index (κ2) is 10.8. The van der Waals surface area contributed by atoms with Gasteiger partial charge in [0.2, 0.25) is 5.91 Å². The Kier molecular flexibility index (Phi) is 7.77. The lowest BCUT2D eigenvalue weighted by Crippen LogP contribution is -2.47. The van der Waals surface area contributed by atoms with Crippen molar-refractivity contribution >= 4 is 39.9 Å². The van der Waals surface area contributed by atoms with Crippen LogP contribution in [0.1, 0.15) is 13.3 Å². The Morgan fingerprint density at radius 3 is 2.86 bits per heavy atom. The molecular formula is C25H29ClFN5O4. The molecule has 3 aromatic rings. The first-order valence-corrected chi connectivity index (χ1v) is 11.9. The zero-order chi connectivity index (χ0) is 26.0. The summed E-state index contributed by atoms with van der Waals surface area (Å²) in [5, 5.41) is 13.0. The molecule has 0 saturated carbocycles. The highest BCUT2D eigenvalue weighted by Gasteiger charge is 2.38. The number of fused-ring (bicyclic) bond motifs is 1. The molecule has 2 aromatic carbocycles. The number of anilines is 2. The number of carbonyl (C=O) groups is 1. The van der Waals surface area contributed by atoms with E-state index in [4.69, 9.17) is 21.1 Å². The van der Waals surface area contributed by atoms with Crippen molar-refractivity contribution in [1.82, 2.24) is 19.8 Å². The summed E-state index contributed by atoms with van der Waals surface area (Å²) in [4.78, 5) is 25.0. The van der Waals surface area contributed by atoms with Crippen molar-refractivity contribution in [3.05, 3.63) is 47.5 Å². The van der Waals surface area contributed by atoms with Gasteiger partial charge in [-0.3, -0.25) is 9.69 Å². The molecule has 3 atom stereocenters. The molecule has 1 fully saturated rings. The van der Waals surface area contributed by atoms with Crippen molar-refractivity contribution < 1.29 is 23.8 Å². The number of nitrogens with zero attached hydrogens (tertiary/aromatic N) is 4. The van der Waals surface area contributed by atoms with Crippen molar-refractivity contribution in [3.63, 3.8) is 0 Å². The van der Waals surface area contributed by atoms with E-state index < -0.39 is 5.82 Å². The molecule has 0 aliphatic carbocycles. The van der Waals surface area contributed by atoms with Gasteiger partial charge in [-0.2, -0.15) is 0 Å². The Hall–Kier alpha value is -3.21. The number of likely N-dealkylation sites (tertiary alicyclic amines) is 1. The highest BCUT2D eigenvalue weighted by atomic mass is 35.5. The Labute approximate surface area is 213 Å². The van der Waals surface area contributed by atoms with E-state index in [2.05, 4.69) is 15.3 Å². The van der Waals surface area contributed by atoms with Crippen molar-refractivity contribution in [2.75, 3.05) is 39.7 Å². The van der Waals surface area contributed by atoms with Crippen LogP contribution in [-0.4, -0.2) is 83.3 Å². The number of ether oxygens (including phenoxy) is 2. The second-order valence-electron chi connectivity index (χ2n) is 8.88. The van der Waals surface area contributed by atoms with E-state index in [-0.39, 0.29) is 41.4 Å². The summed E-state index contributed by atoms with van der Waals surface area (Å²) in [6, 6.07) is 7.50. The molecule has 2 unspecified atom stereocenters. The number of aromatic nitrogens is 2. The minimum atomic E-state index is -0.582. The molecule has 4 rings (SSSR count). The summed E-state index contributed by atoms with van der Waals surface area (Å²) < 4.78 is 26.3. The number of amides is 1. The number of aliphatic hydroxyl groups excluding tert-OH is 1. The summed E-state index contributed by atoms with van der Waals surface area (Å²) >= 11 is 5.92. The highest BCUT2D eigenvalue weighted by molar-refractivity contribution is 6.31. The number of likely N-dealkylation sites (N-methyl/N-ethyl adjacent to an activating group) is 2. The van der Waals surface area contributed by atoms with Gasteiger partial charge in [0.1, 0.15) is 18.2 Å². The molecule has 9 nitrogen and oxygen atoms in total. The van der Waals surface area contributed by atoms with E-state index in [0.29, 0.717) is 41.2 Å². The van der Waals surface area contributed by atoms with Crippen LogP contribution in [0.4, 0.5) is 15.9 Å². The first-order chi connectivity index (χ1) is 17.2. The number of hydrogen-bond donors (Lipinski definition) is 2. The van der Waals surface area contributed by atoms with Gasteiger partial charge in [0.05, 0.1) is 42.0 Å². The molecule has 1 aliphatic rings. The Morgan fingerprint density at radius 1 is 1.36 bits per heavy atom. The third kappa shape index (κ3) is 5.16. The lowest BCUT2D eigenvalue weighted by molar-refractivity contribution is -0.136. The van der Waals surface area contributed by atoms with Gasteiger partial charge in [0.25, 0.3) is 0 Å². The molecule has 36 heavy (non-hydrogen) atoms. The monoisotopic (exact) mass is 517 g/mol. The molecule has 0 spiro atoms. The van der Waals surface area contributed by atoms with Crippen LogP contribution < -0.4 is 14.8 Å². The number of halogens is 2. The number of rotatable bonds is 8. The summed E-state index contributed by atoms with van der Waals surface area (Å²) in [6.07, 6.45) is 1.57. The van der Waals surface area contributed by atoms with E-state index in [1.807, 2.05) is 11.9 Å². The van der Waals surface area contributed by atoms with E-state index >= 15 is 0 Å². The lowest BCUT2D eigenvalue weighted by Gasteiger charge is -2.28. The van der Waals surface area contributed by atoms with Gasteiger partial charge in [-0.25, -0.2) is 14.4 Å². The third-order valence-electron chi connectivity index (χ3n) is 6.49. The maximum Gasteiger partial charge on any atom is 0.240 e. The normalized spacial score (nSPS) is 18.8. The average Bonchev–Trinajstić information content (AvgIpc) is 3.24. The number of carbonyl (C=O) groups excluding carboxylic acids is 1. The fourth-order valence-corrected chi connectivity index (χ4v) is 4.40. The van der Waals surface area contributed by atoms with E-state index in [1.165, 1.54) is 19.5 Å². The lowest BCUT2D eigenvalue weighted by atomic mass is 10.1. The summed E-state index contributed by atoms with van der Waals surface area (Å²) in [5.74, 6) is 0.660. The van der Waals surface area contributed by atoms with Gasteiger partial charge >= 0.3 is 0 Å². The van der Waals surface area contributed by atoms with Gasteiger partial charge in [-0.05, 0) is 32.2 Å². The number of benzene rings is 2. The Morgan fingerprint density at radius 2 is 2.14 bits per heavy atom. The van der Waals surface area contributed by atoms with Crippen LogP contribution in [0, 0.1) is 5.82 Å². The molecule has 1 aliphatic heterocycles. The molecule has 11 heteroatoms. The number of hydrogen-bond acceptors (Lipinski definition) is 8. The maximum atomic E-state index is 14.5. The highest BCUT2D eigenvalue weighted by Crippen LogP contribution is 2.37. The summed E-state index contributed by atoms with van der Waals surface area (Å²) in [5.41, 5.74) is 0.760. The SMILES string of the molecule is COc1cc2ncnc(Nc3cccc(Cl)c3F)c2cc1OC1C[C@@H](C(=O)N(C)C(C)CO)N(C)C1. The average molecular weight is 518 g/mol. The van der Waals surface area contributed by atoms with Gasteiger partial charge in [0, 0.05) is 31.5 Å². The van der Waals surface area contributed by atoms with Crippen LogP contribution >= 0.6 is 11.6 Å². The largest absolute Gasteiger partial charge is 0.493 e. The number of methoxy groups -OCH3 is 1. The Balaban J connectivity index is 1.60. The van der Waals surface area contributed by atoms with Crippen molar-refractivity contribution in [2.24, 2.45) is 0 Å². The van der Waals surface area contributed by atoms with E-state index in [0.717, 1.165) is 0 Å². The summed E-state index contributed by atoms with van der Waals surface area (Å²) in [7, 11) is 5.10. The molecule has 1 amide bonds. The third-order valence-corrected chi connectivity index (χ3v) is 6.78. The van der Waals surface area contributed by atoms with Gasteiger partial charge < -0.3 is 24.8 Å². The van der Waals surface area contributed by atoms with Gasteiger partial charge in [0.15, 0.2) is 17.3 Å². The maximum absolute atomic E-state index is 14.5. The first kappa shape index (κ1) is 25.9.